The van der Waals surface area contributed by atoms with Gasteiger partial charge in [-0.2, -0.15) is 0 Å². The largest absolute Gasteiger partial charge is 0.493 e. The van der Waals surface area contributed by atoms with Crippen LogP contribution >= 0.6 is 15.9 Å². The fourth-order valence-corrected chi connectivity index (χ4v) is 2.80. The maximum absolute atomic E-state index is 12.5. The molecular weight excluding hydrogens is 358 g/mol. The molecule has 2 aromatic rings. The predicted molar refractivity (Wildman–Crippen MR) is 94.2 cm³/mol. The van der Waals surface area contributed by atoms with Gasteiger partial charge in [-0.15, -0.1) is 0 Å². The number of benzene rings is 2. The van der Waals surface area contributed by atoms with Gasteiger partial charge in [0, 0.05) is 5.56 Å². The zero-order valence-corrected chi connectivity index (χ0v) is 15.0. The third-order valence-corrected chi connectivity index (χ3v) is 4.02. The van der Waals surface area contributed by atoms with Gasteiger partial charge in [-0.25, -0.2) is 0 Å². The van der Waals surface area contributed by atoms with E-state index in [0.717, 1.165) is 5.56 Å². The van der Waals surface area contributed by atoms with E-state index < -0.39 is 0 Å². The molecule has 0 radical (unpaired) electrons. The Hall–Kier alpha value is -2.01. The van der Waals surface area contributed by atoms with Crippen molar-refractivity contribution in [3.05, 3.63) is 58.1 Å². The van der Waals surface area contributed by atoms with Gasteiger partial charge in [0.2, 0.25) is 0 Å². The average Bonchev–Trinajstić information content (AvgIpc) is 2.57. The lowest BCUT2D eigenvalue weighted by atomic mass is 10.1. The van der Waals surface area contributed by atoms with Gasteiger partial charge in [0.25, 0.3) is 5.91 Å². The molecule has 0 aromatic heterocycles. The van der Waals surface area contributed by atoms with Crippen molar-refractivity contribution in [1.29, 1.82) is 0 Å². The molecule has 0 unspecified atom stereocenters. The molecule has 1 amide bonds. The summed E-state index contributed by atoms with van der Waals surface area (Å²) in [6.07, 6.45) is 0. The van der Waals surface area contributed by atoms with E-state index in [1.165, 1.54) is 0 Å². The van der Waals surface area contributed by atoms with Crippen molar-refractivity contribution >= 4 is 21.8 Å². The van der Waals surface area contributed by atoms with Crippen LogP contribution in [-0.2, 0) is 0 Å². The van der Waals surface area contributed by atoms with Crippen molar-refractivity contribution in [3.63, 3.8) is 0 Å². The first kappa shape index (κ1) is 17.3. The molecule has 0 heterocycles. The summed E-state index contributed by atoms with van der Waals surface area (Å²) >= 11 is 3.43. The number of carbonyl (C=O) groups excluding carboxylic acids is 1. The summed E-state index contributed by atoms with van der Waals surface area (Å²) in [5.41, 5.74) is 1.57. The van der Waals surface area contributed by atoms with Crippen molar-refractivity contribution in [2.45, 2.75) is 19.9 Å². The summed E-state index contributed by atoms with van der Waals surface area (Å²) < 4.78 is 11.6. The Morgan fingerprint density at radius 2 is 1.96 bits per heavy atom. The number of halogens is 1. The number of hydrogen-bond donors (Lipinski definition) is 1. The maximum atomic E-state index is 12.5. The van der Waals surface area contributed by atoms with Crippen molar-refractivity contribution in [2.24, 2.45) is 0 Å². The zero-order valence-electron chi connectivity index (χ0n) is 13.4. The highest BCUT2D eigenvalue weighted by molar-refractivity contribution is 9.10. The van der Waals surface area contributed by atoms with Crippen molar-refractivity contribution < 1.29 is 14.3 Å². The SMILES string of the molecule is CCOc1c(Br)cc(C(=O)N[C@H](C)c2ccccc2)cc1OC. The molecule has 2 aromatic carbocycles. The molecular formula is C18H20BrNO3. The first-order chi connectivity index (χ1) is 11.1. The minimum absolute atomic E-state index is 0.0833. The molecule has 0 aliphatic carbocycles. The fraction of sp³-hybridized carbons (Fsp3) is 0.278. The van der Waals surface area contributed by atoms with Gasteiger partial charge in [-0.3, -0.25) is 4.79 Å². The first-order valence-corrected chi connectivity index (χ1v) is 8.22. The molecule has 2 rings (SSSR count). The van der Waals surface area contributed by atoms with E-state index in [4.69, 9.17) is 9.47 Å². The molecule has 0 saturated heterocycles. The van der Waals surface area contributed by atoms with E-state index in [-0.39, 0.29) is 11.9 Å². The molecule has 0 fully saturated rings. The van der Waals surface area contributed by atoms with Crippen LogP contribution in [0.4, 0.5) is 0 Å². The molecule has 0 aliphatic rings. The highest BCUT2D eigenvalue weighted by atomic mass is 79.9. The third-order valence-electron chi connectivity index (χ3n) is 3.43. The number of carbonyl (C=O) groups is 1. The van der Waals surface area contributed by atoms with Crippen molar-refractivity contribution in [2.75, 3.05) is 13.7 Å². The van der Waals surface area contributed by atoms with Crippen LogP contribution in [0.25, 0.3) is 0 Å². The summed E-state index contributed by atoms with van der Waals surface area (Å²) in [7, 11) is 1.55. The van der Waals surface area contributed by atoms with Crippen molar-refractivity contribution in [1.82, 2.24) is 5.32 Å². The second-order valence-corrected chi connectivity index (χ2v) is 5.88. The van der Waals surface area contributed by atoms with Crippen LogP contribution in [0.1, 0.15) is 35.8 Å². The van der Waals surface area contributed by atoms with E-state index in [1.54, 1.807) is 19.2 Å². The molecule has 1 N–H and O–H groups in total. The lowest BCUT2D eigenvalue weighted by molar-refractivity contribution is 0.0939. The summed E-state index contributed by atoms with van der Waals surface area (Å²) in [5, 5.41) is 2.99. The smallest absolute Gasteiger partial charge is 0.251 e. The van der Waals surface area contributed by atoms with E-state index >= 15 is 0 Å². The minimum Gasteiger partial charge on any atom is -0.493 e. The number of rotatable bonds is 6. The lowest BCUT2D eigenvalue weighted by Gasteiger charge is -2.16. The Kier molecular flexibility index (Phi) is 6.04. The monoisotopic (exact) mass is 377 g/mol. The molecule has 5 heteroatoms. The highest BCUT2D eigenvalue weighted by Gasteiger charge is 2.17. The molecule has 0 spiro atoms. The molecule has 1 atom stereocenters. The topological polar surface area (TPSA) is 47.6 Å². The molecule has 0 saturated carbocycles. The van der Waals surface area contributed by atoms with Gasteiger partial charge >= 0.3 is 0 Å². The van der Waals surface area contributed by atoms with Gasteiger partial charge < -0.3 is 14.8 Å². The van der Waals surface area contributed by atoms with Gasteiger partial charge in [0.15, 0.2) is 11.5 Å². The summed E-state index contributed by atoms with van der Waals surface area (Å²) in [5.74, 6) is 0.963. The normalized spacial score (nSPS) is 11.7. The fourth-order valence-electron chi connectivity index (χ4n) is 2.24. The number of amides is 1. The van der Waals surface area contributed by atoms with E-state index in [1.807, 2.05) is 44.2 Å². The average molecular weight is 378 g/mol. The van der Waals surface area contributed by atoms with Crippen LogP contribution in [0.2, 0.25) is 0 Å². The molecule has 4 nitrogen and oxygen atoms in total. The van der Waals surface area contributed by atoms with E-state index in [9.17, 15) is 4.79 Å². The van der Waals surface area contributed by atoms with Crippen LogP contribution < -0.4 is 14.8 Å². The highest BCUT2D eigenvalue weighted by Crippen LogP contribution is 2.36. The summed E-state index contributed by atoms with van der Waals surface area (Å²) in [4.78, 5) is 12.5. The Labute approximate surface area is 144 Å². The first-order valence-electron chi connectivity index (χ1n) is 7.43. The lowest BCUT2D eigenvalue weighted by Crippen LogP contribution is -2.26. The standard InChI is InChI=1S/C18H20BrNO3/c1-4-23-17-15(19)10-14(11-16(17)22-3)18(21)20-12(2)13-8-6-5-7-9-13/h5-12H,4H2,1-3H3,(H,20,21)/t12-/m1/s1. The second-order valence-electron chi connectivity index (χ2n) is 5.03. The minimum atomic E-state index is -0.164. The maximum Gasteiger partial charge on any atom is 0.251 e. The van der Waals surface area contributed by atoms with Crippen LogP contribution in [-0.4, -0.2) is 19.6 Å². The zero-order chi connectivity index (χ0) is 16.8. The van der Waals surface area contributed by atoms with E-state index in [2.05, 4.69) is 21.2 Å². The van der Waals surface area contributed by atoms with E-state index in [0.29, 0.717) is 28.1 Å². The van der Waals surface area contributed by atoms with Crippen LogP contribution in [0.15, 0.2) is 46.9 Å². The quantitative estimate of drug-likeness (QED) is 0.813. The predicted octanol–water partition coefficient (Wildman–Crippen LogP) is 4.35. The number of nitrogens with one attached hydrogen (secondary N) is 1. The molecule has 23 heavy (non-hydrogen) atoms. The van der Waals surface area contributed by atoms with Gasteiger partial charge in [0.1, 0.15) is 0 Å². The van der Waals surface area contributed by atoms with Crippen LogP contribution in [0.3, 0.4) is 0 Å². The molecule has 0 aliphatic heterocycles. The van der Waals surface area contributed by atoms with Crippen molar-refractivity contribution in [3.8, 4) is 11.5 Å². The Balaban J connectivity index is 2.21. The second kappa shape index (κ2) is 8.02. The number of methoxy groups -OCH3 is 1. The third kappa shape index (κ3) is 4.26. The summed E-state index contributed by atoms with van der Waals surface area (Å²) in [6, 6.07) is 13.2. The molecule has 122 valence electrons. The Bertz CT molecular complexity index is 673. The van der Waals surface area contributed by atoms with Crippen LogP contribution in [0.5, 0.6) is 11.5 Å². The van der Waals surface area contributed by atoms with Crippen LogP contribution in [0, 0.1) is 0 Å². The summed E-state index contributed by atoms with van der Waals surface area (Å²) in [6.45, 7) is 4.37. The molecule has 0 bridgehead atoms. The Morgan fingerprint density at radius 3 is 2.57 bits per heavy atom. The van der Waals surface area contributed by atoms with Gasteiger partial charge in [-0.05, 0) is 47.5 Å². The van der Waals surface area contributed by atoms with Gasteiger partial charge in [-0.1, -0.05) is 30.3 Å². The number of hydrogen-bond acceptors (Lipinski definition) is 3. The number of ether oxygens (including phenoxy) is 2. The Morgan fingerprint density at radius 1 is 1.26 bits per heavy atom. The van der Waals surface area contributed by atoms with Gasteiger partial charge in [0.05, 0.1) is 24.2 Å².